The molecule has 2 atom stereocenters. The molecular weight excluding hydrogens is 461 g/mol. The molecule has 0 saturated carbocycles. The van der Waals surface area contributed by atoms with E-state index >= 15 is 0 Å². The van der Waals surface area contributed by atoms with Crippen LogP contribution >= 0.6 is 0 Å². The van der Waals surface area contributed by atoms with Crippen LogP contribution in [0.25, 0.3) is 0 Å². The van der Waals surface area contributed by atoms with Crippen molar-refractivity contribution in [1.29, 1.82) is 0 Å². The minimum atomic E-state index is -5.08. The Morgan fingerprint density at radius 3 is 2.40 bits per heavy atom. The summed E-state index contributed by atoms with van der Waals surface area (Å²) >= 11 is 0. The lowest BCUT2D eigenvalue weighted by molar-refractivity contribution is -0.192. The van der Waals surface area contributed by atoms with Crippen LogP contribution in [0.1, 0.15) is 47.9 Å². The summed E-state index contributed by atoms with van der Waals surface area (Å²) < 4.78 is 31.7. The number of carboxylic acid groups (broad SMARTS) is 1. The highest BCUT2D eigenvalue weighted by Crippen LogP contribution is 2.30. The van der Waals surface area contributed by atoms with E-state index in [4.69, 9.17) is 9.90 Å². The highest BCUT2D eigenvalue weighted by Gasteiger charge is 2.38. The largest absolute Gasteiger partial charge is 0.490 e. The van der Waals surface area contributed by atoms with Crippen LogP contribution in [0.2, 0.25) is 0 Å². The second-order valence-corrected chi connectivity index (χ2v) is 9.04. The summed E-state index contributed by atoms with van der Waals surface area (Å²) in [7, 11) is 0. The molecule has 0 radical (unpaired) electrons. The van der Waals surface area contributed by atoms with Gasteiger partial charge < -0.3 is 15.3 Å². The molecule has 0 aliphatic carbocycles. The predicted octanol–water partition coefficient (Wildman–Crippen LogP) is 4.65. The first-order valence-electron chi connectivity index (χ1n) is 11.6. The number of carbonyl (C=O) groups is 2. The molecule has 35 heavy (non-hydrogen) atoms. The van der Waals surface area contributed by atoms with Gasteiger partial charge in [0.15, 0.2) is 0 Å². The number of nitrogens with zero attached hydrogens (tertiary/aromatic N) is 3. The van der Waals surface area contributed by atoms with Crippen LogP contribution in [-0.2, 0) is 4.79 Å². The number of amides is 1. The first kappa shape index (κ1) is 26.5. The monoisotopic (exact) mass is 492 g/mol. The predicted molar refractivity (Wildman–Crippen MR) is 128 cm³/mol. The number of halogens is 3. The topological polar surface area (TPSA) is 85.8 Å². The first-order chi connectivity index (χ1) is 16.5. The average molecular weight is 493 g/mol. The van der Waals surface area contributed by atoms with Gasteiger partial charge in [0.25, 0.3) is 5.91 Å². The molecule has 0 spiro atoms. The summed E-state index contributed by atoms with van der Waals surface area (Å²) in [6.45, 7) is 9.76. The molecule has 0 unspecified atom stereocenters. The van der Waals surface area contributed by atoms with Gasteiger partial charge in [0, 0.05) is 42.2 Å². The third-order valence-corrected chi connectivity index (χ3v) is 6.42. The van der Waals surface area contributed by atoms with Crippen molar-refractivity contribution in [3.8, 4) is 0 Å². The number of nitrogens with one attached hydrogen (secondary N) is 1. The van der Waals surface area contributed by atoms with E-state index < -0.39 is 12.1 Å². The summed E-state index contributed by atoms with van der Waals surface area (Å²) in [5.41, 5.74) is 4.47. The number of pyridine rings is 1. The second kappa shape index (κ2) is 11.1. The molecule has 1 aromatic heterocycles. The van der Waals surface area contributed by atoms with Gasteiger partial charge in [0.2, 0.25) is 0 Å². The van der Waals surface area contributed by atoms with E-state index in [0.717, 1.165) is 36.1 Å². The van der Waals surface area contributed by atoms with Crippen molar-refractivity contribution in [1.82, 2.24) is 9.88 Å². The number of aromatic nitrogens is 1. The third kappa shape index (κ3) is 6.94. The number of likely N-dealkylation sites (tertiary alicyclic amines) is 1. The molecule has 7 nitrogen and oxygen atoms in total. The van der Waals surface area contributed by atoms with Gasteiger partial charge in [-0.2, -0.15) is 13.2 Å². The van der Waals surface area contributed by atoms with Crippen LogP contribution in [0.5, 0.6) is 0 Å². The Balaban J connectivity index is 0.000000429. The average Bonchev–Trinajstić information content (AvgIpc) is 3.44. The number of benzene rings is 1. The van der Waals surface area contributed by atoms with E-state index in [1.54, 1.807) is 6.07 Å². The fourth-order valence-corrected chi connectivity index (χ4v) is 4.59. The first-order valence-corrected chi connectivity index (χ1v) is 11.6. The molecule has 3 heterocycles. The van der Waals surface area contributed by atoms with E-state index in [1.807, 2.05) is 25.1 Å². The molecule has 10 heteroatoms. The zero-order valence-corrected chi connectivity index (χ0v) is 20.1. The van der Waals surface area contributed by atoms with Crippen molar-refractivity contribution >= 4 is 23.3 Å². The van der Waals surface area contributed by atoms with Crippen molar-refractivity contribution in [3.05, 3.63) is 53.3 Å². The molecular formula is C25H31F3N4O3. The van der Waals surface area contributed by atoms with Gasteiger partial charge in [-0.05, 0) is 82.5 Å². The lowest BCUT2D eigenvalue weighted by atomic mass is 10.1. The SMILES string of the molecule is Cc1cccc(C(=O)Nc2ccc(N3CC[C@H](N4CCC[C@@H]4C)C3)cc2C)n1.O=C(O)C(F)(F)F. The van der Waals surface area contributed by atoms with E-state index in [2.05, 4.69) is 46.1 Å². The Bertz CT molecular complexity index is 1060. The number of aryl methyl sites for hydroxylation is 2. The number of alkyl halides is 3. The van der Waals surface area contributed by atoms with E-state index in [-0.39, 0.29) is 5.91 Å². The van der Waals surface area contributed by atoms with E-state index in [9.17, 15) is 18.0 Å². The summed E-state index contributed by atoms with van der Waals surface area (Å²) in [5.74, 6) is -2.92. The fourth-order valence-electron chi connectivity index (χ4n) is 4.59. The maximum Gasteiger partial charge on any atom is 0.490 e. The van der Waals surface area contributed by atoms with Gasteiger partial charge in [-0.1, -0.05) is 6.07 Å². The zero-order valence-electron chi connectivity index (χ0n) is 20.1. The van der Waals surface area contributed by atoms with Crippen molar-refractivity contribution < 1.29 is 27.9 Å². The van der Waals surface area contributed by atoms with Crippen molar-refractivity contribution in [3.63, 3.8) is 0 Å². The van der Waals surface area contributed by atoms with Crippen LogP contribution in [0.3, 0.4) is 0 Å². The van der Waals surface area contributed by atoms with E-state index in [0.29, 0.717) is 11.7 Å². The lowest BCUT2D eigenvalue weighted by Crippen LogP contribution is -2.39. The Labute approximate surface area is 202 Å². The van der Waals surface area contributed by atoms with E-state index in [1.165, 1.54) is 31.5 Å². The molecule has 2 aromatic rings. The Morgan fingerprint density at radius 2 is 1.83 bits per heavy atom. The minimum Gasteiger partial charge on any atom is -0.475 e. The van der Waals surface area contributed by atoms with Crippen molar-refractivity contribution in [2.24, 2.45) is 0 Å². The summed E-state index contributed by atoms with van der Waals surface area (Å²) in [6.07, 6.45) is -1.18. The number of hydrogen-bond acceptors (Lipinski definition) is 5. The smallest absolute Gasteiger partial charge is 0.475 e. The third-order valence-electron chi connectivity index (χ3n) is 6.42. The van der Waals surface area contributed by atoms with Gasteiger partial charge in [-0.3, -0.25) is 9.69 Å². The van der Waals surface area contributed by atoms with Gasteiger partial charge in [0.1, 0.15) is 5.69 Å². The van der Waals surface area contributed by atoms with Crippen molar-refractivity contribution in [2.45, 2.75) is 58.3 Å². The molecule has 2 fully saturated rings. The summed E-state index contributed by atoms with van der Waals surface area (Å²) in [6, 6.07) is 13.2. The second-order valence-electron chi connectivity index (χ2n) is 9.04. The molecule has 1 aromatic carbocycles. The molecule has 1 amide bonds. The van der Waals surface area contributed by atoms with Gasteiger partial charge >= 0.3 is 12.1 Å². The quantitative estimate of drug-likeness (QED) is 0.647. The number of carbonyl (C=O) groups excluding carboxylic acids is 1. The summed E-state index contributed by atoms with van der Waals surface area (Å²) in [5, 5.41) is 10.1. The van der Waals surface area contributed by atoms with Crippen LogP contribution < -0.4 is 10.2 Å². The van der Waals surface area contributed by atoms with Gasteiger partial charge in [0.05, 0.1) is 0 Å². The lowest BCUT2D eigenvalue weighted by Gasteiger charge is -2.28. The highest BCUT2D eigenvalue weighted by molar-refractivity contribution is 6.03. The highest BCUT2D eigenvalue weighted by atomic mass is 19.4. The van der Waals surface area contributed by atoms with Gasteiger partial charge in [-0.15, -0.1) is 0 Å². The van der Waals surface area contributed by atoms with Crippen LogP contribution in [0.4, 0.5) is 24.5 Å². The molecule has 2 saturated heterocycles. The molecule has 2 aliphatic heterocycles. The fraction of sp³-hybridized carbons (Fsp3) is 0.480. The maximum absolute atomic E-state index is 12.5. The van der Waals surface area contributed by atoms with Crippen LogP contribution in [0, 0.1) is 13.8 Å². The number of aliphatic carboxylic acids is 1. The molecule has 4 rings (SSSR count). The summed E-state index contributed by atoms with van der Waals surface area (Å²) in [4.78, 5) is 30.9. The van der Waals surface area contributed by atoms with Crippen molar-refractivity contribution in [2.75, 3.05) is 29.9 Å². The minimum absolute atomic E-state index is 0.163. The molecule has 0 bridgehead atoms. The van der Waals surface area contributed by atoms with Crippen LogP contribution in [-0.4, -0.2) is 64.8 Å². The van der Waals surface area contributed by atoms with Crippen LogP contribution in [0.15, 0.2) is 36.4 Å². The normalized spacial score (nSPS) is 20.3. The Hall–Kier alpha value is -3.14. The molecule has 2 aliphatic rings. The van der Waals surface area contributed by atoms with Gasteiger partial charge in [-0.25, -0.2) is 9.78 Å². The standard InChI is InChI=1S/C23H30N4O.C2HF3O2/c1-16-14-19(26-13-11-20(15-26)27-12-5-7-18(27)3)9-10-21(16)25-23(28)22-8-4-6-17(2)24-22;3-2(4,5)1(6)7/h4,6,8-10,14,18,20H,5,7,11-13,15H2,1-3H3,(H,25,28);(H,6,7)/t18-,20-;/m0./s1. The Kier molecular flexibility index (Phi) is 8.37. The zero-order chi connectivity index (χ0) is 25.8. The number of carboxylic acids is 1. The number of anilines is 2. The Morgan fingerprint density at radius 1 is 1.11 bits per heavy atom. The number of rotatable bonds is 4. The number of hydrogen-bond donors (Lipinski definition) is 2. The maximum atomic E-state index is 12.5. The molecule has 190 valence electrons. The molecule has 2 N–H and O–H groups in total.